The van der Waals surface area contributed by atoms with E-state index in [1.807, 2.05) is 19.1 Å². The number of esters is 1. The van der Waals surface area contributed by atoms with Gasteiger partial charge in [-0.05, 0) is 37.6 Å². The highest BCUT2D eigenvalue weighted by Crippen LogP contribution is 2.31. The van der Waals surface area contributed by atoms with Gasteiger partial charge in [-0.1, -0.05) is 12.1 Å². The molecule has 144 valence electrons. The maximum Gasteiger partial charge on any atom is 0.315 e. The van der Waals surface area contributed by atoms with Gasteiger partial charge in [0.05, 0.1) is 31.3 Å². The topological polar surface area (TPSA) is 97.1 Å². The number of methoxy groups -OCH3 is 1. The van der Waals surface area contributed by atoms with Gasteiger partial charge < -0.3 is 18.9 Å². The fourth-order valence-corrected chi connectivity index (χ4v) is 2.27. The zero-order valence-electron chi connectivity index (χ0n) is 15.2. The van der Waals surface area contributed by atoms with Crippen LogP contribution in [0, 0.1) is 10.1 Å². The number of carbonyl (C=O) groups excluding carboxylic acids is 1. The number of carbonyl (C=O) groups is 1. The van der Waals surface area contributed by atoms with Crippen molar-refractivity contribution < 1.29 is 28.7 Å². The highest BCUT2D eigenvalue weighted by atomic mass is 16.6. The summed E-state index contributed by atoms with van der Waals surface area (Å²) in [5.74, 6) is 0.844. The van der Waals surface area contributed by atoms with E-state index in [1.54, 1.807) is 12.1 Å². The second kappa shape index (κ2) is 10.0. The third kappa shape index (κ3) is 5.88. The van der Waals surface area contributed by atoms with E-state index in [-0.39, 0.29) is 24.5 Å². The molecule has 0 aliphatic carbocycles. The molecule has 0 N–H and O–H groups in total. The number of nitro groups is 1. The summed E-state index contributed by atoms with van der Waals surface area (Å²) in [6.07, 6.45) is 0.448. The second-order valence-corrected chi connectivity index (χ2v) is 5.40. The molecule has 2 rings (SSSR count). The predicted octanol–water partition coefficient (Wildman–Crippen LogP) is 3.77. The summed E-state index contributed by atoms with van der Waals surface area (Å²) in [5, 5.41) is 11.1. The summed E-state index contributed by atoms with van der Waals surface area (Å²) in [6.45, 7) is 2.68. The van der Waals surface area contributed by atoms with E-state index in [4.69, 9.17) is 18.9 Å². The fraction of sp³-hybridized carbons (Fsp3) is 0.316. The first kappa shape index (κ1) is 20.0. The number of benzene rings is 2. The summed E-state index contributed by atoms with van der Waals surface area (Å²) in [6, 6.07) is 11.3. The third-order valence-electron chi connectivity index (χ3n) is 3.52. The number of ether oxygens (including phenoxy) is 4. The molecule has 0 spiro atoms. The van der Waals surface area contributed by atoms with Gasteiger partial charge in [0.2, 0.25) is 5.75 Å². The van der Waals surface area contributed by atoms with Gasteiger partial charge in [0, 0.05) is 6.42 Å². The molecule has 0 unspecified atom stereocenters. The van der Waals surface area contributed by atoms with E-state index >= 15 is 0 Å². The van der Waals surface area contributed by atoms with Gasteiger partial charge in [-0.2, -0.15) is 0 Å². The molecule has 0 saturated carbocycles. The summed E-state index contributed by atoms with van der Waals surface area (Å²) >= 11 is 0. The Kier molecular flexibility index (Phi) is 7.42. The largest absolute Gasteiger partial charge is 0.496 e. The molecule has 0 atom stereocenters. The first-order valence-electron chi connectivity index (χ1n) is 8.43. The van der Waals surface area contributed by atoms with E-state index in [0.717, 1.165) is 0 Å². The minimum Gasteiger partial charge on any atom is -0.496 e. The van der Waals surface area contributed by atoms with E-state index in [1.165, 1.54) is 25.3 Å². The van der Waals surface area contributed by atoms with Gasteiger partial charge in [0.15, 0.2) is 11.5 Å². The Morgan fingerprint density at radius 1 is 1.07 bits per heavy atom. The maximum atomic E-state index is 12.0. The Labute approximate surface area is 156 Å². The van der Waals surface area contributed by atoms with E-state index in [9.17, 15) is 14.9 Å². The van der Waals surface area contributed by atoms with Crippen LogP contribution >= 0.6 is 0 Å². The second-order valence-electron chi connectivity index (χ2n) is 5.40. The van der Waals surface area contributed by atoms with Crippen LogP contribution in [0.25, 0.3) is 0 Å². The van der Waals surface area contributed by atoms with Crippen LogP contribution in [-0.4, -0.2) is 31.2 Å². The molecule has 0 amide bonds. The first-order chi connectivity index (χ1) is 13.0. The molecule has 2 aromatic rings. The molecule has 0 aromatic heterocycles. The lowest BCUT2D eigenvalue weighted by atomic mass is 10.2. The highest BCUT2D eigenvalue weighted by Gasteiger charge is 2.19. The molecule has 0 radical (unpaired) electrons. The molecule has 0 heterocycles. The summed E-state index contributed by atoms with van der Waals surface area (Å²) in [4.78, 5) is 22.4. The van der Waals surface area contributed by atoms with Crippen LogP contribution in [0.1, 0.15) is 19.8 Å². The summed E-state index contributed by atoms with van der Waals surface area (Å²) in [5.41, 5.74) is -0.329. The molecule has 0 aliphatic rings. The van der Waals surface area contributed by atoms with Crippen LogP contribution < -0.4 is 18.9 Å². The lowest BCUT2D eigenvalue weighted by Gasteiger charge is -2.11. The Morgan fingerprint density at radius 2 is 1.78 bits per heavy atom. The highest BCUT2D eigenvalue weighted by molar-refractivity contribution is 5.74. The standard InChI is InChI=1S/C19H21NO7/c1-3-25-17-7-4-5-8-18(17)26-12-6-9-19(21)27-16-11-10-14(24-2)13-15(16)20(22)23/h4-5,7-8,10-11,13H,3,6,9,12H2,1-2H3. The lowest BCUT2D eigenvalue weighted by molar-refractivity contribution is -0.385. The minimum atomic E-state index is -0.626. The van der Waals surface area contributed by atoms with Crippen molar-refractivity contribution in [3.8, 4) is 23.0 Å². The number of para-hydroxylation sites is 2. The number of nitrogens with zero attached hydrogens (tertiary/aromatic N) is 1. The van der Waals surface area contributed by atoms with Gasteiger partial charge in [0.25, 0.3) is 0 Å². The monoisotopic (exact) mass is 375 g/mol. The molecule has 2 aromatic carbocycles. The molecular weight excluding hydrogens is 354 g/mol. The van der Waals surface area contributed by atoms with Crippen molar-refractivity contribution >= 4 is 11.7 Å². The van der Waals surface area contributed by atoms with Crippen molar-refractivity contribution in [2.45, 2.75) is 19.8 Å². The molecule has 0 saturated heterocycles. The number of hydrogen-bond donors (Lipinski definition) is 0. The van der Waals surface area contributed by atoms with Crippen LogP contribution in [-0.2, 0) is 4.79 Å². The molecular formula is C19H21NO7. The Morgan fingerprint density at radius 3 is 2.41 bits per heavy atom. The Hall–Kier alpha value is -3.29. The van der Waals surface area contributed by atoms with Crippen molar-refractivity contribution in [3.05, 3.63) is 52.6 Å². The Balaban J connectivity index is 1.86. The van der Waals surface area contributed by atoms with E-state index in [2.05, 4.69) is 0 Å². The van der Waals surface area contributed by atoms with Crippen LogP contribution in [0.4, 0.5) is 5.69 Å². The Bertz CT molecular complexity index is 791. The van der Waals surface area contributed by atoms with Crippen LogP contribution in [0.2, 0.25) is 0 Å². The SMILES string of the molecule is CCOc1ccccc1OCCCC(=O)Oc1ccc(OC)cc1[N+](=O)[O-]. The molecule has 8 nitrogen and oxygen atoms in total. The smallest absolute Gasteiger partial charge is 0.315 e. The van der Waals surface area contributed by atoms with Gasteiger partial charge >= 0.3 is 11.7 Å². The third-order valence-corrected chi connectivity index (χ3v) is 3.52. The zero-order chi connectivity index (χ0) is 19.6. The number of nitro benzene ring substituents is 1. The van der Waals surface area contributed by atoms with Crippen LogP contribution in [0.3, 0.4) is 0 Å². The van der Waals surface area contributed by atoms with Gasteiger partial charge in [-0.25, -0.2) is 0 Å². The van der Waals surface area contributed by atoms with Crippen molar-refractivity contribution in [3.63, 3.8) is 0 Å². The quantitative estimate of drug-likeness (QED) is 0.205. The van der Waals surface area contributed by atoms with Crippen molar-refractivity contribution in [2.75, 3.05) is 20.3 Å². The lowest BCUT2D eigenvalue weighted by Crippen LogP contribution is -2.11. The zero-order valence-corrected chi connectivity index (χ0v) is 15.2. The average Bonchev–Trinajstić information content (AvgIpc) is 2.66. The van der Waals surface area contributed by atoms with Gasteiger partial charge in [-0.3, -0.25) is 14.9 Å². The molecule has 0 fully saturated rings. The van der Waals surface area contributed by atoms with Crippen molar-refractivity contribution in [1.82, 2.24) is 0 Å². The maximum absolute atomic E-state index is 12.0. The minimum absolute atomic E-state index is 0.0555. The van der Waals surface area contributed by atoms with Gasteiger partial charge in [-0.15, -0.1) is 0 Å². The van der Waals surface area contributed by atoms with E-state index in [0.29, 0.717) is 30.3 Å². The fourth-order valence-electron chi connectivity index (χ4n) is 2.27. The molecule has 0 bridgehead atoms. The molecule has 8 heteroatoms. The molecule has 27 heavy (non-hydrogen) atoms. The van der Waals surface area contributed by atoms with Crippen LogP contribution in [0.15, 0.2) is 42.5 Å². The predicted molar refractivity (Wildman–Crippen MR) is 97.6 cm³/mol. The van der Waals surface area contributed by atoms with E-state index < -0.39 is 10.9 Å². The van der Waals surface area contributed by atoms with Crippen molar-refractivity contribution in [2.24, 2.45) is 0 Å². The number of rotatable bonds is 10. The van der Waals surface area contributed by atoms with Crippen molar-refractivity contribution in [1.29, 1.82) is 0 Å². The summed E-state index contributed by atoms with van der Waals surface area (Å²) in [7, 11) is 1.40. The van der Waals surface area contributed by atoms with Crippen LogP contribution in [0.5, 0.6) is 23.0 Å². The normalized spacial score (nSPS) is 10.1. The first-order valence-corrected chi connectivity index (χ1v) is 8.43. The molecule has 0 aliphatic heterocycles. The summed E-state index contributed by atoms with van der Waals surface area (Å²) < 4.78 is 21.1. The van der Waals surface area contributed by atoms with Gasteiger partial charge in [0.1, 0.15) is 5.75 Å². The number of hydrogen-bond acceptors (Lipinski definition) is 7. The average molecular weight is 375 g/mol.